The predicted molar refractivity (Wildman–Crippen MR) is 106 cm³/mol. The molecule has 1 saturated carbocycles. The number of oxazole rings is 1. The number of carbonyl (C=O) groups is 2. The molecule has 29 heavy (non-hydrogen) atoms. The molecule has 3 heterocycles. The third-order valence-electron chi connectivity index (χ3n) is 6.97. The third-order valence-corrected chi connectivity index (χ3v) is 6.97. The summed E-state index contributed by atoms with van der Waals surface area (Å²) in [5, 5.41) is 0. The van der Waals surface area contributed by atoms with Crippen LogP contribution in [0.25, 0.3) is 0 Å². The summed E-state index contributed by atoms with van der Waals surface area (Å²) in [6.45, 7) is 8.13. The number of nitrogens with zero attached hydrogens (tertiary/aromatic N) is 4. The Hall–Kier alpha value is -2.09. The molecule has 2 amide bonds. The Kier molecular flexibility index (Phi) is 5.81. The summed E-state index contributed by atoms with van der Waals surface area (Å²) >= 11 is 0. The summed E-state index contributed by atoms with van der Waals surface area (Å²) in [7, 11) is 0. The molecule has 0 aromatic carbocycles. The van der Waals surface area contributed by atoms with Crippen molar-refractivity contribution < 1.29 is 18.7 Å². The Morgan fingerprint density at radius 1 is 1.31 bits per heavy atom. The molecule has 1 aliphatic carbocycles. The lowest BCUT2D eigenvalue weighted by atomic mass is 9.64. The quantitative estimate of drug-likeness (QED) is 0.750. The molecule has 0 atom stereocenters. The van der Waals surface area contributed by atoms with Crippen molar-refractivity contribution in [1.29, 1.82) is 0 Å². The average Bonchev–Trinajstić information content (AvgIpc) is 3.35. The zero-order valence-electron chi connectivity index (χ0n) is 17.5. The van der Waals surface area contributed by atoms with Crippen LogP contribution in [0.5, 0.6) is 0 Å². The maximum Gasteiger partial charge on any atom is 0.409 e. The largest absolute Gasteiger partial charge is 0.450 e. The molecule has 0 N–H and O–H groups in total. The fourth-order valence-electron chi connectivity index (χ4n) is 5.39. The number of hydrogen-bond donors (Lipinski definition) is 0. The van der Waals surface area contributed by atoms with Crippen molar-refractivity contribution >= 4 is 12.0 Å². The monoisotopic (exact) mass is 404 g/mol. The molecule has 1 aromatic heterocycles. The lowest BCUT2D eigenvalue weighted by Gasteiger charge is -2.52. The fourth-order valence-corrected chi connectivity index (χ4v) is 5.39. The summed E-state index contributed by atoms with van der Waals surface area (Å²) in [5.41, 5.74) is 0.298. The van der Waals surface area contributed by atoms with Gasteiger partial charge in [0.2, 0.25) is 5.91 Å². The molecule has 8 nitrogen and oxygen atoms in total. The van der Waals surface area contributed by atoms with Gasteiger partial charge in [0.1, 0.15) is 5.76 Å². The fraction of sp³-hybridized carbons (Fsp3) is 0.762. The van der Waals surface area contributed by atoms with E-state index in [1.54, 1.807) is 13.1 Å². The highest BCUT2D eigenvalue weighted by Gasteiger charge is 2.51. The van der Waals surface area contributed by atoms with E-state index in [0.717, 1.165) is 51.2 Å². The molecule has 160 valence electrons. The van der Waals surface area contributed by atoms with Crippen molar-refractivity contribution in [3.8, 4) is 0 Å². The van der Waals surface area contributed by atoms with Gasteiger partial charge in [-0.05, 0) is 44.4 Å². The van der Waals surface area contributed by atoms with E-state index >= 15 is 0 Å². The molecule has 3 fully saturated rings. The average molecular weight is 405 g/mol. The second kappa shape index (κ2) is 8.34. The first kappa shape index (κ1) is 20.2. The predicted octanol–water partition coefficient (Wildman–Crippen LogP) is 2.50. The molecule has 0 radical (unpaired) electrons. The first-order chi connectivity index (χ1) is 14.0. The molecule has 3 aliphatic rings. The number of likely N-dealkylation sites (tertiary alicyclic amines) is 2. The number of rotatable bonds is 5. The van der Waals surface area contributed by atoms with E-state index in [1.807, 2.05) is 16.7 Å². The highest BCUT2D eigenvalue weighted by atomic mass is 16.6. The Balaban J connectivity index is 1.25. The van der Waals surface area contributed by atoms with Gasteiger partial charge in [0.25, 0.3) is 0 Å². The van der Waals surface area contributed by atoms with Crippen molar-refractivity contribution in [3.63, 3.8) is 0 Å². The molecule has 8 heteroatoms. The summed E-state index contributed by atoms with van der Waals surface area (Å²) in [5.74, 6) is 0.823. The topological polar surface area (TPSA) is 79.1 Å². The van der Waals surface area contributed by atoms with E-state index < -0.39 is 0 Å². The van der Waals surface area contributed by atoms with E-state index in [4.69, 9.17) is 9.15 Å². The van der Waals surface area contributed by atoms with Crippen molar-refractivity contribution in [1.82, 2.24) is 19.7 Å². The van der Waals surface area contributed by atoms with Crippen LogP contribution in [0.3, 0.4) is 0 Å². The zero-order chi connectivity index (χ0) is 20.4. The number of carbonyl (C=O) groups excluding carboxylic acids is 2. The minimum absolute atomic E-state index is 0.0902. The van der Waals surface area contributed by atoms with Crippen LogP contribution in [-0.4, -0.2) is 76.6 Å². The SMILES string of the molecule is CCOC(=O)N1CCC2(CC(N3CCC(N(Cc4cnco4)C(C)=O)CC3)C2)C1. The van der Waals surface area contributed by atoms with Gasteiger partial charge in [0.05, 0.1) is 19.3 Å². The smallest absolute Gasteiger partial charge is 0.409 e. The standard InChI is InChI=1S/C21H32N4O4/c1-3-28-20(27)24-9-6-21(14-24)10-18(11-21)23-7-4-17(5-8-23)25(16(2)26)13-19-12-22-15-29-19/h12,15,17-18H,3-11,13-14H2,1-2H3. The van der Waals surface area contributed by atoms with Gasteiger partial charge in [-0.1, -0.05) is 0 Å². The normalized spacial score (nSPS) is 27.8. The van der Waals surface area contributed by atoms with Crippen LogP contribution in [0.1, 0.15) is 51.7 Å². The maximum absolute atomic E-state index is 12.2. The summed E-state index contributed by atoms with van der Waals surface area (Å²) in [6.07, 6.45) is 8.34. The van der Waals surface area contributed by atoms with E-state index in [0.29, 0.717) is 24.6 Å². The Morgan fingerprint density at radius 2 is 2.07 bits per heavy atom. The lowest BCUT2D eigenvalue weighted by molar-refractivity contribution is -0.133. The number of aromatic nitrogens is 1. The van der Waals surface area contributed by atoms with Crippen LogP contribution >= 0.6 is 0 Å². The Morgan fingerprint density at radius 3 is 2.69 bits per heavy atom. The van der Waals surface area contributed by atoms with E-state index in [9.17, 15) is 9.59 Å². The van der Waals surface area contributed by atoms with Crippen LogP contribution < -0.4 is 0 Å². The molecule has 0 unspecified atom stereocenters. The van der Waals surface area contributed by atoms with Gasteiger partial charge in [-0.15, -0.1) is 0 Å². The number of piperidine rings is 1. The molecular weight excluding hydrogens is 372 g/mol. The van der Waals surface area contributed by atoms with Crippen molar-refractivity contribution in [2.75, 3.05) is 32.8 Å². The third kappa shape index (κ3) is 4.27. The van der Waals surface area contributed by atoms with Gasteiger partial charge >= 0.3 is 6.09 Å². The lowest BCUT2D eigenvalue weighted by Crippen LogP contribution is -2.56. The minimum atomic E-state index is -0.162. The van der Waals surface area contributed by atoms with Crippen LogP contribution in [0.4, 0.5) is 4.79 Å². The van der Waals surface area contributed by atoms with Crippen molar-refractivity contribution in [2.24, 2.45) is 5.41 Å². The molecular formula is C21H32N4O4. The molecule has 1 spiro atoms. The van der Waals surface area contributed by atoms with Gasteiger partial charge < -0.3 is 23.9 Å². The first-order valence-electron chi connectivity index (χ1n) is 10.8. The van der Waals surface area contributed by atoms with Crippen LogP contribution in [-0.2, 0) is 16.1 Å². The summed E-state index contributed by atoms with van der Waals surface area (Å²) < 4.78 is 10.5. The second-order valence-electron chi connectivity index (χ2n) is 8.81. The van der Waals surface area contributed by atoms with Crippen molar-refractivity contribution in [2.45, 2.75) is 64.6 Å². The minimum Gasteiger partial charge on any atom is -0.450 e. The van der Waals surface area contributed by atoms with Gasteiger partial charge in [-0.3, -0.25) is 4.79 Å². The molecule has 1 aromatic rings. The highest BCUT2D eigenvalue weighted by molar-refractivity contribution is 5.73. The van der Waals surface area contributed by atoms with E-state index in [2.05, 4.69) is 9.88 Å². The van der Waals surface area contributed by atoms with Crippen molar-refractivity contribution in [3.05, 3.63) is 18.4 Å². The molecule has 2 aliphatic heterocycles. The second-order valence-corrected chi connectivity index (χ2v) is 8.81. The molecule has 2 saturated heterocycles. The van der Waals surface area contributed by atoms with E-state index in [1.165, 1.54) is 19.2 Å². The van der Waals surface area contributed by atoms with Crippen LogP contribution in [0.2, 0.25) is 0 Å². The number of amides is 2. The zero-order valence-corrected chi connectivity index (χ0v) is 17.5. The van der Waals surface area contributed by atoms with Gasteiger partial charge in [0, 0.05) is 45.2 Å². The van der Waals surface area contributed by atoms with Gasteiger partial charge in [-0.25, -0.2) is 9.78 Å². The Bertz CT molecular complexity index is 708. The summed E-state index contributed by atoms with van der Waals surface area (Å²) in [4.78, 5) is 34.5. The highest BCUT2D eigenvalue weighted by Crippen LogP contribution is 2.50. The first-order valence-corrected chi connectivity index (χ1v) is 10.8. The maximum atomic E-state index is 12.2. The number of hydrogen-bond acceptors (Lipinski definition) is 6. The van der Waals surface area contributed by atoms with Gasteiger partial charge in [-0.2, -0.15) is 0 Å². The van der Waals surface area contributed by atoms with Gasteiger partial charge in [0.15, 0.2) is 6.39 Å². The van der Waals surface area contributed by atoms with Crippen LogP contribution in [0, 0.1) is 5.41 Å². The molecule has 0 bridgehead atoms. The van der Waals surface area contributed by atoms with Crippen LogP contribution in [0.15, 0.2) is 17.0 Å². The Labute approximate surface area is 172 Å². The van der Waals surface area contributed by atoms with E-state index in [-0.39, 0.29) is 18.0 Å². The summed E-state index contributed by atoms with van der Waals surface area (Å²) in [6, 6.07) is 0.867. The molecule has 4 rings (SSSR count). The number of ether oxygens (including phenoxy) is 1.